The quantitative estimate of drug-likeness (QED) is 0.0489. The molecule has 2 unspecified atom stereocenters. The molecular weight excluding hydrogens is 1180 g/mol. The number of rotatable bonds is 17. The lowest BCUT2D eigenvalue weighted by molar-refractivity contribution is -0.168. The fourth-order valence-corrected chi connectivity index (χ4v) is 8.74. The van der Waals surface area contributed by atoms with E-state index in [9.17, 15) is 62.8 Å². The van der Waals surface area contributed by atoms with Gasteiger partial charge in [-0.1, -0.05) is 20.8 Å². The van der Waals surface area contributed by atoms with Crippen LogP contribution >= 0.6 is 34.8 Å². The maximum Gasteiger partial charge on any atom is 0.408 e. The van der Waals surface area contributed by atoms with Crippen LogP contribution in [0, 0.1) is 5.92 Å². The minimum absolute atomic E-state index is 0.0130. The summed E-state index contributed by atoms with van der Waals surface area (Å²) >= 11 is 17.4. The van der Waals surface area contributed by atoms with Gasteiger partial charge < -0.3 is 81.8 Å². The number of hydrogen-bond acceptors (Lipinski definition) is 25. The van der Waals surface area contributed by atoms with Crippen LogP contribution in [0.1, 0.15) is 80.5 Å². The molecule has 0 saturated carbocycles. The van der Waals surface area contributed by atoms with Crippen LogP contribution in [0.4, 0.5) is 35.4 Å². The van der Waals surface area contributed by atoms with Crippen molar-refractivity contribution in [3.63, 3.8) is 0 Å². The monoisotopic (exact) mass is 1250 g/mol. The van der Waals surface area contributed by atoms with Crippen LogP contribution < -0.4 is 45.3 Å². The Morgan fingerprint density at radius 1 is 0.699 bits per heavy atom. The van der Waals surface area contributed by atoms with Gasteiger partial charge in [-0.25, -0.2) is 37.1 Å². The number of carbonyl (C=O) groups excluding carboxylic acids is 4. The summed E-state index contributed by atoms with van der Waals surface area (Å²) in [5, 5.41) is 41.0. The first-order valence-electron chi connectivity index (χ1n) is 25.2. The van der Waals surface area contributed by atoms with E-state index in [-0.39, 0.29) is 41.6 Å². The second kappa shape index (κ2) is 30.7. The highest BCUT2D eigenvalue weighted by atomic mass is 35.5. The van der Waals surface area contributed by atoms with Gasteiger partial charge in [0.15, 0.2) is 49.4 Å². The number of esters is 3. The van der Waals surface area contributed by atoms with Crippen LogP contribution in [0.5, 0.6) is 0 Å². The molecule has 1 amide bonds. The number of hydrogen-bond donors (Lipinski definition) is 9. The number of alkyl halides is 6. The molecule has 0 aliphatic carbocycles. The second-order valence-electron chi connectivity index (χ2n) is 20.0. The van der Waals surface area contributed by atoms with E-state index >= 15 is 4.39 Å². The van der Waals surface area contributed by atoms with Gasteiger partial charge in [-0.2, -0.15) is 15.0 Å². The smallest absolute Gasteiger partial charge is 0.408 e. The molecule has 3 saturated heterocycles. The zero-order valence-electron chi connectivity index (χ0n) is 46.3. The van der Waals surface area contributed by atoms with E-state index in [1.165, 1.54) is 43.7 Å². The lowest BCUT2D eigenvalue weighted by Gasteiger charge is -2.32. The Bertz CT molecular complexity index is 2830. The molecule has 0 bridgehead atoms. The lowest BCUT2D eigenvalue weighted by Crippen LogP contribution is -2.53. The molecule has 0 spiro atoms. The molecule has 83 heavy (non-hydrogen) atoms. The molecule has 0 aromatic carbocycles. The number of aromatic nitrogens is 6. The number of aliphatic hydroxyl groups is 4. The van der Waals surface area contributed by atoms with E-state index in [0.717, 1.165) is 13.7 Å². The summed E-state index contributed by atoms with van der Waals surface area (Å²) in [5.74, 6) is -3.80. The van der Waals surface area contributed by atoms with Crippen LogP contribution in [0.15, 0.2) is 51.2 Å². The Kier molecular flexibility index (Phi) is 26.4. The third-order valence-electron chi connectivity index (χ3n) is 12.4. The third kappa shape index (κ3) is 17.6. The van der Waals surface area contributed by atoms with Crippen molar-refractivity contribution in [1.29, 1.82) is 0 Å². The normalized spacial score (nSPS) is 28.0. The first-order chi connectivity index (χ1) is 38.7. The van der Waals surface area contributed by atoms with Crippen molar-refractivity contribution >= 4 is 76.3 Å². The highest BCUT2D eigenvalue weighted by molar-refractivity contribution is 6.19. The third-order valence-corrected chi connectivity index (χ3v) is 13.7. The Morgan fingerprint density at radius 3 is 1.34 bits per heavy atom. The van der Waals surface area contributed by atoms with Gasteiger partial charge in [0.2, 0.25) is 0 Å². The number of nitrogens with one attached hydrogen (secondary N) is 1. The average molecular weight is 1250 g/mol. The molecule has 3 aromatic heterocycles. The number of alkyl carbamates (subject to hydrolysis) is 1. The zero-order valence-corrected chi connectivity index (χ0v) is 48.6. The van der Waals surface area contributed by atoms with Crippen LogP contribution in [0.2, 0.25) is 0 Å². The number of ether oxygens (including phenoxy) is 7. The number of aliphatic hydroxyl groups excluding tert-OH is 4. The fourth-order valence-electron chi connectivity index (χ4n) is 7.83. The zero-order chi connectivity index (χ0) is 63.1. The lowest BCUT2D eigenvalue weighted by atomic mass is 9.98. The van der Waals surface area contributed by atoms with E-state index in [1.54, 1.807) is 48.5 Å². The van der Waals surface area contributed by atoms with Gasteiger partial charge in [0, 0.05) is 25.5 Å². The molecule has 6 rings (SSSR count). The van der Waals surface area contributed by atoms with Gasteiger partial charge in [0.05, 0.1) is 44.1 Å². The number of nitrogens with zero attached hydrogens (tertiary/aromatic N) is 6. The van der Waals surface area contributed by atoms with Crippen molar-refractivity contribution in [3.8, 4) is 0 Å². The highest BCUT2D eigenvalue weighted by Crippen LogP contribution is 2.43. The molecule has 6 heterocycles. The van der Waals surface area contributed by atoms with Crippen molar-refractivity contribution in [2.75, 3.05) is 61.3 Å². The summed E-state index contributed by atoms with van der Waals surface area (Å²) in [7, 11) is 0. The fraction of sp³-hybridized carbons (Fsp3) is 0.667. The Hall–Kier alpha value is -5.94. The SMILES string of the molecule is CC(C)C(NC(=O)OC(C)(C)C)C(=O)O[C@H]1[C@@H](F)[C@H](n2ccc(N)nc2=O)O[C@@]1(CO)CCl.CCC(N)C(=O)O[C@H]1[C@@H](F)[C@H](n2ccc(N)nc2=O)O[C@@]1(CO)CCl.CCOC(C)=O.Nc1ccn([C@@H]2O[C@@](CO)(CCl)[C@@H](O)[C@H]2F)c(=O)n1. The van der Waals surface area contributed by atoms with Crippen LogP contribution in [-0.4, -0.2) is 188 Å². The predicted molar refractivity (Wildman–Crippen MR) is 290 cm³/mol. The molecule has 14 atom stereocenters. The summed E-state index contributed by atoms with van der Waals surface area (Å²) in [6.07, 6.45) is -12.4. The molecule has 13 N–H and O–H groups in total. The van der Waals surface area contributed by atoms with Crippen LogP contribution in [-0.2, 0) is 47.5 Å². The maximum atomic E-state index is 15.5. The van der Waals surface area contributed by atoms with Crippen molar-refractivity contribution in [2.24, 2.45) is 11.7 Å². The predicted octanol–water partition coefficient (Wildman–Crippen LogP) is 0.0274. The van der Waals surface area contributed by atoms with Gasteiger partial charge >= 0.3 is 41.1 Å². The summed E-state index contributed by atoms with van der Waals surface area (Å²) in [4.78, 5) is 93.1. The van der Waals surface area contributed by atoms with Gasteiger partial charge in [-0.05, 0) is 58.2 Å². The van der Waals surface area contributed by atoms with Crippen molar-refractivity contribution in [3.05, 3.63) is 68.2 Å². The molecule has 3 aliphatic rings. The van der Waals surface area contributed by atoms with E-state index in [0.29, 0.717) is 6.61 Å². The summed E-state index contributed by atoms with van der Waals surface area (Å²) < 4.78 is 83.5. The molecule has 3 aromatic rings. The summed E-state index contributed by atoms with van der Waals surface area (Å²) in [6, 6.07) is 1.68. The van der Waals surface area contributed by atoms with Crippen molar-refractivity contribution in [2.45, 2.75) is 152 Å². The number of amides is 1. The molecule has 29 nitrogen and oxygen atoms in total. The number of nitrogen functional groups attached to an aromatic ring is 3. The van der Waals surface area contributed by atoms with Gasteiger partial charge in [0.25, 0.3) is 0 Å². The molecule has 35 heteroatoms. The van der Waals surface area contributed by atoms with Crippen LogP contribution in [0.3, 0.4) is 0 Å². The maximum absolute atomic E-state index is 15.5. The van der Waals surface area contributed by atoms with Crippen molar-refractivity contribution in [1.82, 2.24) is 34.0 Å². The molecule has 468 valence electrons. The first-order valence-corrected chi connectivity index (χ1v) is 26.8. The number of nitrogens with two attached hydrogens (primary N) is 4. The number of halogens is 6. The molecular formula is C48H71Cl3F3N11O18. The number of anilines is 3. The molecule has 3 aliphatic heterocycles. The van der Waals surface area contributed by atoms with E-state index in [1.807, 2.05) is 0 Å². The summed E-state index contributed by atoms with van der Waals surface area (Å²) in [6.45, 7) is 11.3. The van der Waals surface area contributed by atoms with E-state index < -0.39 is 157 Å². The average Bonchev–Trinajstić information content (AvgIpc) is 2.76. The topological polar surface area (TPSA) is 435 Å². The standard InChI is InChI=1S/C20H30ClFN4O7.C14H20ClFN4O5.C10H13ClFN3O4.C4H8O2/c1-10(2)13(25-18(30)33-19(3,4)5)16(28)31-14-12(22)15(32-20(14,8-21)9-27)26-7-6-11(23)24-17(26)29;1-2-7(17)12(22)24-10-9(16)11(25-14(10,5-15)6-21)20-4-3-8(18)19-13(20)23;11-3-10(4-16)7(17)6(12)8(19-10)15-2-1-5(13)14-9(15)18;1-3-6-4(2)5/h6-7,10,12-15,27H,8-9H2,1-5H3,(H,25,30)(H2,23,24,29);3-4,7,9-11,21H,2,5-6,17H2,1H3,(H2,18,19,23);1-2,6-8,16-17H,3-4H2,(H2,13,14,18);3H2,1-2H3/t12-,13?,14+,15-,20-;7?,9-,10+,11-,14-;6-,7+,8-,10-;/m111./s1. The Labute approximate surface area is 487 Å². The minimum Gasteiger partial charge on any atom is -0.466 e. The van der Waals surface area contributed by atoms with Crippen LogP contribution in [0.25, 0.3) is 0 Å². The Balaban J connectivity index is 0.000000320. The largest absolute Gasteiger partial charge is 0.466 e. The van der Waals surface area contributed by atoms with E-state index in [4.69, 9.17) is 86.2 Å². The molecule has 3 fully saturated rings. The van der Waals surface area contributed by atoms with Crippen molar-refractivity contribution < 1.29 is 85.9 Å². The van der Waals surface area contributed by atoms with Gasteiger partial charge in [0.1, 0.15) is 58.0 Å². The van der Waals surface area contributed by atoms with E-state index in [2.05, 4.69) is 25.0 Å². The highest BCUT2D eigenvalue weighted by Gasteiger charge is 2.61. The number of carbonyl (C=O) groups is 4. The second-order valence-corrected chi connectivity index (χ2v) is 20.8. The Morgan fingerprint density at radius 2 is 1.06 bits per heavy atom. The van der Waals surface area contributed by atoms with Gasteiger partial charge in [-0.15, -0.1) is 34.8 Å². The summed E-state index contributed by atoms with van der Waals surface area (Å²) in [5.41, 5.74) is 13.2. The minimum atomic E-state index is -2.10. The van der Waals surface area contributed by atoms with Gasteiger partial charge in [-0.3, -0.25) is 23.3 Å². The first kappa shape index (κ1) is 71.3. The molecule has 0 radical (unpaired) electrons.